The van der Waals surface area contributed by atoms with Gasteiger partial charge in [-0.05, 0) is 55.5 Å². The van der Waals surface area contributed by atoms with E-state index in [1.807, 2.05) is 6.07 Å². The zero-order valence-electron chi connectivity index (χ0n) is 17.6. The number of methoxy groups -OCH3 is 1. The molecule has 1 amide bonds. The molecule has 11 heteroatoms. The Morgan fingerprint density at radius 3 is 2.77 bits per heavy atom. The molecule has 3 rings (SSSR count). The normalized spacial score (nSPS) is 16.3. The minimum absolute atomic E-state index is 0.120. The Morgan fingerprint density at radius 1 is 1.42 bits per heavy atom. The number of nitrogens with zero attached hydrogens (tertiary/aromatic N) is 2. The number of sulfonamides is 1. The van der Waals surface area contributed by atoms with E-state index in [-0.39, 0.29) is 24.1 Å². The van der Waals surface area contributed by atoms with Gasteiger partial charge in [0.05, 0.1) is 25.1 Å². The molecule has 3 N–H and O–H groups in total. The molecule has 31 heavy (non-hydrogen) atoms. The largest absolute Gasteiger partial charge is 0.496 e. The van der Waals surface area contributed by atoms with Crippen LogP contribution in [0.3, 0.4) is 0 Å². The highest BCUT2D eigenvalue weighted by Crippen LogP contribution is 2.28. The van der Waals surface area contributed by atoms with Crippen molar-refractivity contribution in [1.29, 1.82) is 0 Å². The summed E-state index contributed by atoms with van der Waals surface area (Å²) in [5, 5.41) is 16.4. The minimum Gasteiger partial charge on any atom is -0.496 e. The predicted molar refractivity (Wildman–Crippen MR) is 114 cm³/mol. The average molecular weight is 453 g/mol. The van der Waals surface area contributed by atoms with Crippen molar-refractivity contribution in [2.45, 2.75) is 26.3 Å². The predicted octanol–water partition coefficient (Wildman–Crippen LogP) is 1.26. The molecule has 0 saturated carbocycles. The summed E-state index contributed by atoms with van der Waals surface area (Å²) in [5.41, 5.74) is 2.29. The Kier molecular flexibility index (Phi) is 9.01. The third kappa shape index (κ3) is 6.79. The lowest BCUT2D eigenvalue weighted by atomic mass is 9.96. The van der Waals surface area contributed by atoms with E-state index in [0.29, 0.717) is 37.4 Å². The molecule has 1 unspecified atom stereocenters. The van der Waals surface area contributed by atoms with E-state index in [2.05, 4.69) is 15.5 Å². The van der Waals surface area contributed by atoms with Crippen LogP contribution >= 0.6 is 0 Å². The number of carbonyl (C=O) groups excluding carboxylic acids is 1. The fourth-order valence-electron chi connectivity index (χ4n) is 3.45. The highest BCUT2D eigenvalue weighted by molar-refractivity contribution is 7.89. The van der Waals surface area contributed by atoms with E-state index in [1.54, 1.807) is 42.7 Å². The van der Waals surface area contributed by atoms with Crippen molar-refractivity contribution < 1.29 is 27.9 Å². The van der Waals surface area contributed by atoms with Gasteiger partial charge in [-0.15, -0.1) is 0 Å². The Balaban J connectivity index is 0.00000107. The number of benzene rings is 1. The minimum atomic E-state index is -3.16. The molecular formula is C20H28N4O6S. The smallest absolute Gasteiger partial charge is 0.290 e. The highest BCUT2D eigenvalue weighted by Gasteiger charge is 2.30. The van der Waals surface area contributed by atoms with Crippen LogP contribution in [-0.4, -0.2) is 66.4 Å². The second kappa shape index (κ2) is 11.5. The highest BCUT2D eigenvalue weighted by atomic mass is 32.2. The van der Waals surface area contributed by atoms with Gasteiger partial charge in [-0.3, -0.25) is 14.7 Å². The monoisotopic (exact) mass is 452 g/mol. The molecule has 1 aromatic heterocycles. The van der Waals surface area contributed by atoms with Crippen LogP contribution in [0, 0.1) is 5.92 Å². The maximum atomic E-state index is 12.5. The molecule has 1 aromatic carbocycles. The van der Waals surface area contributed by atoms with E-state index in [1.165, 1.54) is 0 Å². The lowest BCUT2D eigenvalue weighted by Gasteiger charge is -2.16. The van der Waals surface area contributed by atoms with Crippen molar-refractivity contribution in [3.63, 3.8) is 0 Å². The number of hydrogen-bond donors (Lipinski definition) is 3. The molecule has 2 aromatic rings. The number of amides is 1. The standard InChI is InChI=1S/C19H26N4O4S.CH2O2/c1-3-28(25,26)23-9-7-14(13-23)10-16-11-15(4-5-18(16)27-2)19(24)20-12-17-6-8-21-22-17;2-1-3/h4-6,8,11,14H,3,7,9-10,12-13H2,1-2H3,(H,20,24)(H,21,22);1H,(H,2,3). The molecule has 2 heterocycles. The van der Waals surface area contributed by atoms with Crippen molar-refractivity contribution in [2.75, 3.05) is 26.0 Å². The summed E-state index contributed by atoms with van der Waals surface area (Å²) < 4.78 is 31.2. The summed E-state index contributed by atoms with van der Waals surface area (Å²) >= 11 is 0. The first-order valence-electron chi connectivity index (χ1n) is 9.83. The Hall–Kier alpha value is -2.92. The number of carboxylic acid groups (broad SMARTS) is 1. The van der Waals surface area contributed by atoms with E-state index in [0.717, 1.165) is 17.7 Å². The molecule has 1 atom stereocenters. The molecule has 0 aliphatic carbocycles. The Labute approximate surface area is 181 Å². The number of hydrogen-bond acceptors (Lipinski definition) is 6. The third-order valence-corrected chi connectivity index (χ3v) is 6.90. The fourth-order valence-corrected chi connectivity index (χ4v) is 4.64. The van der Waals surface area contributed by atoms with Crippen LogP contribution in [0.25, 0.3) is 0 Å². The number of aromatic amines is 1. The van der Waals surface area contributed by atoms with E-state index in [9.17, 15) is 13.2 Å². The van der Waals surface area contributed by atoms with Crippen LogP contribution in [-0.2, 0) is 27.8 Å². The van der Waals surface area contributed by atoms with E-state index in [4.69, 9.17) is 14.6 Å². The Morgan fingerprint density at radius 2 is 2.16 bits per heavy atom. The van der Waals surface area contributed by atoms with Gasteiger partial charge in [0.15, 0.2) is 0 Å². The van der Waals surface area contributed by atoms with Gasteiger partial charge in [0, 0.05) is 24.8 Å². The maximum absolute atomic E-state index is 12.5. The number of rotatable bonds is 8. The molecule has 0 spiro atoms. The Bertz CT molecular complexity index is 962. The molecule has 0 radical (unpaired) electrons. The number of aromatic nitrogens is 2. The van der Waals surface area contributed by atoms with Crippen LogP contribution < -0.4 is 10.1 Å². The first kappa shape index (κ1) is 24.4. The third-order valence-electron chi connectivity index (χ3n) is 5.06. The summed E-state index contributed by atoms with van der Waals surface area (Å²) in [6, 6.07) is 7.15. The van der Waals surface area contributed by atoms with Gasteiger partial charge in [-0.1, -0.05) is 0 Å². The molecule has 10 nitrogen and oxygen atoms in total. The second-order valence-electron chi connectivity index (χ2n) is 7.01. The molecule has 1 fully saturated rings. The SMILES string of the molecule is CCS(=O)(=O)N1CCC(Cc2cc(C(=O)NCc3ccn[nH]3)ccc2OC)C1.O=CO. The van der Waals surface area contributed by atoms with Crippen LogP contribution in [0.5, 0.6) is 5.75 Å². The van der Waals surface area contributed by atoms with Gasteiger partial charge in [0.25, 0.3) is 12.4 Å². The first-order valence-corrected chi connectivity index (χ1v) is 11.4. The van der Waals surface area contributed by atoms with Crippen LogP contribution in [0.2, 0.25) is 0 Å². The molecular weight excluding hydrogens is 424 g/mol. The van der Waals surface area contributed by atoms with Gasteiger partial charge >= 0.3 is 0 Å². The van der Waals surface area contributed by atoms with Gasteiger partial charge < -0.3 is 15.2 Å². The lowest BCUT2D eigenvalue weighted by Crippen LogP contribution is -2.30. The van der Waals surface area contributed by atoms with Crippen molar-refractivity contribution in [1.82, 2.24) is 19.8 Å². The summed E-state index contributed by atoms with van der Waals surface area (Å²) in [5.74, 6) is 0.857. The van der Waals surface area contributed by atoms with Crippen LogP contribution in [0.4, 0.5) is 0 Å². The van der Waals surface area contributed by atoms with Gasteiger partial charge in [0.2, 0.25) is 10.0 Å². The fraction of sp³-hybridized carbons (Fsp3) is 0.450. The van der Waals surface area contributed by atoms with Crippen LogP contribution in [0.15, 0.2) is 30.5 Å². The maximum Gasteiger partial charge on any atom is 0.290 e. The van der Waals surface area contributed by atoms with E-state index >= 15 is 0 Å². The second-order valence-corrected chi connectivity index (χ2v) is 9.27. The summed E-state index contributed by atoms with van der Waals surface area (Å²) in [7, 11) is -1.56. The molecule has 0 bridgehead atoms. The number of H-pyrrole nitrogens is 1. The quantitative estimate of drug-likeness (QED) is 0.512. The van der Waals surface area contributed by atoms with Crippen molar-refractivity contribution in [3.8, 4) is 5.75 Å². The molecule has 170 valence electrons. The molecule has 1 aliphatic rings. The van der Waals surface area contributed by atoms with Crippen LogP contribution in [0.1, 0.15) is 35.0 Å². The summed E-state index contributed by atoms with van der Waals surface area (Å²) in [4.78, 5) is 20.8. The summed E-state index contributed by atoms with van der Waals surface area (Å²) in [6.07, 6.45) is 3.11. The number of ether oxygens (including phenoxy) is 1. The van der Waals surface area contributed by atoms with Crippen molar-refractivity contribution in [3.05, 3.63) is 47.3 Å². The summed E-state index contributed by atoms with van der Waals surface area (Å²) in [6.45, 7) is 2.84. The zero-order valence-corrected chi connectivity index (χ0v) is 18.4. The average Bonchev–Trinajstić information content (AvgIpc) is 3.45. The van der Waals surface area contributed by atoms with Crippen molar-refractivity contribution >= 4 is 22.4 Å². The molecule has 1 saturated heterocycles. The molecule has 1 aliphatic heterocycles. The van der Waals surface area contributed by atoms with Gasteiger partial charge in [0.1, 0.15) is 5.75 Å². The van der Waals surface area contributed by atoms with Gasteiger partial charge in [-0.25, -0.2) is 12.7 Å². The first-order chi connectivity index (χ1) is 14.8. The number of nitrogens with one attached hydrogen (secondary N) is 2. The van der Waals surface area contributed by atoms with Gasteiger partial charge in [-0.2, -0.15) is 5.10 Å². The topological polar surface area (TPSA) is 142 Å². The lowest BCUT2D eigenvalue weighted by molar-refractivity contribution is -0.122. The van der Waals surface area contributed by atoms with Crippen molar-refractivity contribution in [2.24, 2.45) is 5.92 Å². The van der Waals surface area contributed by atoms with E-state index < -0.39 is 10.0 Å². The zero-order chi connectivity index (χ0) is 22.9. The number of carbonyl (C=O) groups is 2.